The third-order valence-electron chi connectivity index (χ3n) is 6.10. The van der Waals surface area contributed by atoms with Crippen molar-refractivity contribution in [3.63, 3.8) is 0 Å². The fourth-order valence-corrected chi connectivity index (χ4v) is 4.31. The molecule has 4 heteroatoms. The maximum Gasteiger partial charge on any atom is 0.0280 e. The van der Waals surface area contributed by atoms with Crippen molar-refractivity contribution in [1.29, 1.82) is 0 Å². The van der Waals surface area contributed by atoms with E-state index in [1.165, 1.54) is 28.5 Å². The van der Waals surface area contributed by atoms with Gasteiger partial charge in [0.05, 0.1) is 0 Å². The Labute approximate surface area is 224 Å². The molecule has 35 heavy (non-hydrogen) atoms. The zero-order valence-corrected chi connectivity index (χ0v) is 21.8. The third kappa shape index (κ3) is 5.00. The minimum Gasteiger partial charge on any atom is -0.360 e. The molecule has 0 spiro atoms. The summed E-state index contributed by atoms with van der Waals surface area (Å²) in [4.78, 5) is 12.8. The second-order valence-corrected chi connectivity index (χ2v) is 8.66. The van der Waals surface area contributed by atoms with Crippen molar-refractivity contribution in [3.05, 3.63) is 126 Å². The van der Waals surface area contributed by atoms with Gasteiger partial charge in [-0.2, -0.15) is 0 Å². The Morgan fingerprint density at radius 1 is 0.771 bits per heavy atom. The van der Waals surface area contributed by atoms with Crippen LogP contribution in [0.15, 0.2) is 97.5 Å². The van der Waals surface area contributed by atoms with Gasteiger partial charge in [-0.1, -0.05) is 62.5 Å². The number of hydrogen-bond acceptors (Lipinski definition) is 3. The quantitative estimate of drug-likeness (QED) is 0.195. The van der Waals surface area contributed by atoms with Crippen LogP contribution < -0.4 is 0 Å². The van der Waals surface area contributed by atoms with Crippen molar-refractivity contribution in [2.45, 2.75) is 26.1 Å². The number of benzene rings is 2. The van der Waals surface area contributed by atoms with Crippen molar-refractivity contribution in [3.8, 4) is 33.6 Å². The number of pyridine rings is 3. The Hall–Kier alpha value is -3.46. The molecule has 0 aliphatic heterocycles. The van der Waals surface area contributed by atoms with Crippen molar-refractivity contribution in [1.82, 2.24) is 15.0 Å². The van der Waals surface area contributed by atoms with Crippen LogP contribution in [0.5, 0.6) is 0 Å². The SMILES string of the molecule is CC1(C)c2ccccc2-c2cc(-c3[c-]nccc3)ncc21.[2H]C([2H])([2H])c1ccc(-c2[c-]cccc2)nc1.[Ir]. The molecule has 1 aliphatic rings. The van der Waals surface area contributed by atoms with E-state index in [2.05, 4.69) is 71.4 Å². The summed E-state index contributed by atoms with van der Waals surface area (Å²) in [6.07, 6.45) is 8.14. The Bertz CT molecular complexity index is 1520. The van der Waals surface area contributed by atoms with Gasteiger partial charge in [-0.25, -0.2) is 0 Å². The average Bonchev–Trinajstić information content (AvgIpc) is 3.16. The molecule has 6 rings (SSSR count). The molecule has 0 saturated heterocycles. The molecule has 175 valence electrons. The number of aryl methyl sites for hydroxylation is 1. The number of fused-ring (bicyclic) bond motifs is 3. The molecule has 5 aromatic rings. The van der Waals surface area contributed by atoms with Crippen molar-refractivity contribution in [2.75, 3.05) is 0 Å². The van der Waals surface area contributed by atoms with Crippen LogP contribution in [0, 0.1) is 19.1 Å². The summed E-state index contributed by atoms with van der Waals surface area (Å²) >= 11 is 0. The molecular weight excluding hydrogens is 607 g/mol. The van der Waals surface area contributed by atoms with E-state index in [1.807, 2.05) is 36.5 Å². The number of aromatic nitrogens is 3. The smallest absolute Gasteiger partial charge is 0.0280 e. The van der Waals surface area contributed by atoms with Crippen LogP contribution in [0.25, 0.3) is 33.6 Å². The monoisotopic (exact) mass is 635 g/mol. The zero-order chi connectivity index (χ0) is 26.0. The van der Waals surface area contributed by atoms with Crippen molar-refractivity contribution in [2.24, 2.45) is 0 Å². The molecule has 2 aromatic carbocycles. The molecular formula is C31H25IrN3-2. The van der Waals surface area contributed by atoms with Crippen molar-refractivity contribution >= 4 is 0 Å². The Morgan fingerprint density at radius 2 is 1.57 bits per heavy atom. The van der Waals surface area contributed by atoms with E-state index >= 15 is 0 Å². The van der Waals surface area contributed by atoms with Crippen LogP contribution in [0.3, 0.4) is 0 Å². The van der Waals surface area contributed by atoms with Gasteiger partial charge in [0.1, 0.15) is 0 Å². The topological polar surface area (TPSA) is 38.7 Å². The molecule has 1 aliphatic carbocycles. The van der Waals surface area contributed by atoms with Gasteiger partial charge in [-0.05, 0) is 52.3 Å². The van der Waals surface area contributed by atoms with Crippen LogP contribution in [0.1, 0.15) is 34.7 Å². The molecule has 0 unspecified atom stereocenters. The minimum atomic E-state index is -2.09. The van der Waals surface area contributed by atoms with Gasteiger partial charge in [0.15, 0.2) is 0 Å². The molecule has 0 fully saturated rings. The summed E-state index contributed by atoms with van der Waals surface area (Å²) < 4.78 is 21.7. The van der Waals surface area contributed by atoms with E-state index in [1.54, 1.807) is 24.4 Å². The first kappa shape index (κ1) is 20.9. The summed E-state index contributed by atoms with van der Waals surface area (Å²) in [7, 11) is 0. The molecule has 0 N–H and O–H groups in total. The Balaban J connectivity index is 0.000000179. The first-order valence-electron chi connectivity index (χ1n) is 12.6. The number of nitrogens with zero attached hydrogens (tertiary/aromatic N) is 3. The van der Waals surface area contributed by atoms with E-state index < -0.39 is 6.85 Å². The summed E-state index contributed by atoms with van der Waals surface area (Å²) in [5, 5.41) is 0. The van der Waals surface area contributed by atoms with Crippen LogP contribution in [0.2, 0.25) is 0 Å². The second kappa shape index (κ2) is 10.4. The van der Waals surface area contributed by atoms with E-state index in [9.17, 15) is 0 Å². The molecule has 3 heterocycles. The summed E-state index contributed by atoms with van der Waals surface area (Å²) in [5.41, 5.74) is 8.96. The fourth-order valence-electron chi connectivity index (χ4n) is 4.31. The normalized spacial score (nSPS) is 14.1. The van der Waals surface area contributed by atoms with Gasteiger partial charge in [0.25, 0.3) is 0 Å². The summed E-state index contributed by atoms with van der Waals surface area (Å²) in [5.74, 6) is 0. The maximum atomic E-state index is 7.23. The third-order valence-corrected chi connectivity index (χ3v) is 6.10. The van der Waals surface area contributed by atoms with Gasteiger partial charge in [0, 0.05) is 42.0 Å². The molecule has 0 atom stereocenters. The summed E-state index contributed by atoms with van der Waals surface area (Å²) in [6, 6.07) is 28.5. The number of hydrogen-bond donors (Lipinski definition) is 0. The first-order chi connectivity index (χ1) is 17.7. The van der Waals surface area contributed by atoms with Gasteiger partial charge < -0.3 is 15.0 Å². The number of rotatable bonds is 2. The second-order valence-electron chi connectivity index (χ2n) is 8.66. The maximum absolute atomic E-state index is 7.23. The first-order valence-corrected chi connectivity index (χ1v) is 11.1. The van der Waals surface area contributed by atoms with E-state index in [0.717, 1.165) is 22.5 Å². The van der Waals surface area contributed by atoms with E-state index in [4.69, 9.17) is 4.11 Å². The van der Waals surface area contributed by atoms with E-state index in [-0.39, 0.29) is 31.1 Å². The Kier molecular flexibility index (Phi) is 6.22. The van der Waals surface area contributed by atoms with Gasteiger partial charge in [0.2, 0.25) is 0 Å². The molecule has 0 bridgehead atoms. The zero-order valence-electron chi connectivity index (χ0n) is 22.4. The largest absolute Gasteiger partial charge is 0.360 e. The Morgan fingerprint density at radius 3 is 2.29 bits per heavy atom. The molecule has 0 saturated carbocycles. The average molecular weight is 635 g/mol. The standard InChI is InChI=1S/C19H15N2.C12H10N.Ir/c1-19(2)16-8-4-3-7-14(16)15-10-18(21-12-17(15)19)13-6-5-9-20-11-13;1-10-7-8-12(13-9-10)11-5-3-2-4-6-11;/h3-10,12H,1-2H3;2-5,7-9H,1H3;/q2*-1;/i;1D3;. The predicted molar refractivity (Wildman–Crippen MR) is 137 cm³/mol. The minimum absolute atomic E-state index is 0. The van der Waals surface area contributed by atoms with Gasteiger partial charge in [-0.3, -0.25) is 0 Å². The molecule has 1 radical (unpaired) electrons. The van der Waals surface area contributed by atoms with Crippen LogP contribution in [-0.2, 0) is 25.5 Å². The molecule has 3 nitrogen and oxygen atoms in total. The van der Waals surface area contributed by atoms with E-state index in [0.29, 0.717) is 0 Å². The summed E-state index contributed by atoms with van der Waals surface area (Å²) in [6.45, 7) is 2.43. The molecule has 3 aromatic heterocycles. The van der Waals surface area contributed by atoms with Crippen molar-refractivity contribution < 1.29 is 24.2 Å². The fraction of sp³-hybridized carbons (Fsp3) is 0.129. The molecule has 0 amide bonds. The van der Waals surface area contributed by atoms with Crippen LogP contribution >= 0.6 is 0 Å². The van der Waals surface area contributed by atoms with Gasteiger partial charge in [-0.15, -0.1) is 53.6 Å². The van der Waals surface area contributed by atoms with Crippen LogP contribution in [0.4, 0.5) is 0 Å². The van der Waals surface area contributed by atoms with Gasteiger partial charge >= 0.3 is 0 Å². The predicted octanol–water partition coefficient (Wildman–Crippen LogP) is 7.10. The van der Waals surface area contributed by atoms with Crippen LogP contribution in [-0.4, -0.2) is 15.0 Å².